The van der Waals surface area contributed by atoms with Crippen molar-refractivity contribution in [3.05, 3.63) is 66.1 Å². The summed E-state index contributed by atoms with van der Waals surface area (Å²) in [5.74, 6) is -5.85. The molecule has 11 heteroatoms. The molecule has 0 amide bonds. The second-order valence-corrected chi connectivity index (χ2v) is 6.92. The van der Waals surface area contributed by atoms with Crippen LogP contribution >= 0.6 is 0 Å². The highest BCUT2D eigenvalue weighted by molar-refractivity contribution is 7.92. The van der Waals surface area contributed by atoms with Gasteiger partial charge in [0.05, 0.1) is 4.90 Å². The van der Waals surface area contributed by atoms with Crippen LogP contribution in [-0.4, -0.2) is 13.4 Å². The van der Waals surface area contributed by atoms with Gasteiger partial charge < -0.3 is 4.42 Å². The van der Waals surface area contributed by atoms with Crippen LogP contribution in [0.5, 0.6) is 0 Å². The smallest absolute Gasteiger partial charge is 0.430 e. The molecule has 27 heavy (non-hydrogen) atoms. The Balaban J connectivity index is 2.11. The third kappa shape index (κ3) is 3.92. The highest BCUT2D eigenvalue weighted by atomic mass is 32.2. The first-order chi connectivity index (χ1) is 12.6. The number of sulfonamides is 1. The molecule has 2 aromatic carbocycles. The molecular formula is C16H9F5N2O3S. The van der Waals surface area contributed by atoms with E-state index in [-0.39, 0.29) is 10.5 Å². The average Bonchev–Trinajstić information content (AvgIpc) is 3.01. The van der Waals surface area contributed by atoms with E-state index in [2.05, 4.69) is 9.40 Å². The van der Waals surface area contributed by atoms with Gasteiger partial charge in [-0.1, -0.05) is 18.2 Å². The summed E-state index contributed by atoms with van der Waals surface area (Å²) < 4.78 is 96.5. The Hall–Kier alpha value is -2.95. The minimum atomic E-state index is -5.02. The molecule has 0 bridgehead atoms. The van der Waals surface area contributed by atoms with Gasteiger partial charge in [-0.25, -0.2) is 17.2 Å². The van der Waals surface area contributed by atoms with Gasteiger partial charge in [0, 0.05) is 5.56 Å². The standard InChI is InChI=1S/C16H9F5N2O3S/c17-11-7-6-9(8-12(11)18)13-14(22-15(26-13)16(19,20)21)23-27(24,25)10-4-2-1-3-5-10/h1-8,23H. The number of aromatic nitrogens is 1. The van der Waals surface area contributed by atoms with Crippen molar-refractivity contribution in [2.45, 2.75) is 11.1 Å². The van der Waals surface area contributed by atoms with Gasteiger partial charge in [0.2, 0.25) is 0 Å². The lowest BCUT2D eigenvalue weighted by Gasteiger charge is -2.07. The molecule has 142 valence electrons. The van der Waals surface area contributed by atoms with Crippen LogP contribution in [-0.2, 0) is 16.2 Å². The van der Waals surface area contributed by atoms with Crippen molar-refractivity contribution in [1.82, 2.24) is 4.98 Å². The number of oxazole rings is 1. The summed E-state index contributed by atoms with van der Waals surface area (Å²) in [6.45, 7) is 0. The van der Waals surface area contributed by atoms with Gasteiger partial charge in [0.25, 0.3) is 10.0 Å². The zero-order valence-electron chi connectivity index (χ0n) is 13.1. The van der Waals surface area contributed by atoms with Crippen LogP contribution in [0.15, 0.2) is 57.8 Å². The Kier molecular flexibility index (Phi) is 4.64. The van der Waals surface area contributed by atoms with E-state index in [1.807, 2.05) is 4.72 Å². The van der Waals surface area contributed by atoms with Crippen LogP contribution in [0.25, 0.3) is 11.3 Å². The molecule has 0 aliphatic carbocycles. The van der Waals surface area contributed by atoms with Crippen molar-refractivity contribution in [3.63, 3.8) is 0 Å². The van der Waals surface area contributed by atoms with Gasteiger partial charge in [-0.2, -0.15) is 18.2 Å². The Bertz CT molecular complexity index is 1080. The first-order valence-electron chi connectivity index (χ1n) is 7.19. The normalized spacial score (nSPS) is 12.2. The average molecular weight is 404 g/mol. The molecule has 1 N–H and O–H groups in total. The molecule has 0 aliphatic rings. The molecular weight excluding hydrogens is 395 g/mol. The van der Waals surface area contributed by atoms with Gasteiger partial charge in [0.1, 0.15) is 0 Å². The second-order valence-electron chi connectivity index (χ2n) is 5.24. The molecule has 0 saturated carbocycles. The molecule has 3 aromatic rings. The van der Waals surface area contributed by atoms with Crippen LogP contribution < -0.4 is 4.72 Å². The number of rotatable bonds is 4. The van der Waals surface area contributed by atoms with Gasteiger partial charge in [-0.15, -0.1) is 0 Å². The quantitative estimate of drug-likeness (QED) is 0.653. The van der Waals surface area contributed by atoms with Crippen molar-refractivity contribution in [3.8, 4) is 11.3 Å². The molecule has 0 aliphatic heterocycles. The SMILES string of the molecule is O=S(=O)(Nc1nc(C(F)(F)F)oc1-c1ccc(F)c(F)c1)c1ccccc1. The van der Waals surface area contributed by atoms with Crippen LogP contribution in [0, 0.1) is 11.6 Å². The zero-order valence-corrected chi connectivity index (χ0v) is 13.9. The summed E-state index contributed by atoms with van der Waals surface area (Å²) in [6.07, 6.45) is -5.02. The summed E-state index contributed by atoms with van der Waals surface area (Å²) in [7, 11) is -4.30. The number of hydrogen-bond acceptors (Lipinski definition) is 4. The van der Waals surface area contributed by atoms with E-state index in [9.17, 15) is 30.4 Å². The van der Waals surface area contributed by atoms with Gasteiger partial charge in [-0.05, 0) is 30.3 Å². The number of nitrogens with one attached hydrogen (secondary N) is 1. The lowest BCUT2D eigenvalue weighted by atomic mass is 10.1. The fraction of sp³-hybridized carbons (Fsp3) is 0.0625. The number of hydrogen-bond donors (Lipinski definition) is 1. The highest BCUT2D eigenvalue weighted by Crippen LogP contribution is 2.37. The third-order valence-corrected chi connectivity index (χ3v) is 4.69. The highest BCUT2D eigenvalue weighted by Gasteiger charge is 2.39. The van der Waals surface area contributed by atoms with Crippen molar-refractivity contribution >= 4 is 15.8 Å². The molecule has 5 nitrogen and oxygen atoms in total. The molecule has 3 rings (SSSR count). The fourth-order valence-electron chi connectivity index (χ4n) is 2.13. The van der Waals surface area contributed by atoms with Crippen molar-refractivity contribution in [2.24, 2.45) is 0 Å². The first-order valence-corrected chi connectivity index (χ1v) is 8.67. The van der Waals surface area contributed by atoms with E-state index in [0.29, 0.717) is 12.1 Å². The van der Waals surface area contributed by atoms with Gasteiger partial charge in [-0.3, -0.25) is 4.72 Å². The predicted octanol–water partition coefficient (Wildman–Crippen LogP) is 4.44. The molecule has 0 radical (unpaired) electrons. The monoisotopic (exact) mass is 404 g/mol. The van der Waals surface area contributed by atoms with Crippen LogP contribution in [0.2, 0.25) is 0 Å². The molecule has 1 heterocycles. The molecule has 0 spiro atoms. The Morgan fingerprint density at radius 3 is 2.22 bits per heavy atom. The van der Waals surface area contributed by atoms with Crippen molar-refractivity contribution < 1.29 is 34.8 Å². The van der Waals surface area contributed by atoms with Gasteiger partial charge in [0.15, 0.2) is 23.2 Å². The summed E-state index contributed by atoms with van der Waals surface area (Å²) in [6, 6.07) is 8.95. The number of halogens is 5. The Morgan fingerprint density at radius 1 is 0.963 bits per heavy atom. The summed E-state index contributed by atoms with van der Waals surface area (Å²) >= 11 is 0. The summed E-state index contributed by atoms with van der Waals surface area (Å²) in [4.78, 5) is 2.88. The van der Waals surface area contributed by atoms with Gasteiger partial charge >= 0.3 is 12.1 Å². The third-order valence-electron chi connectivity index (χ3n) is 3.34. The predicted molar refractivity (Wildman–Crippen MR) is 84.1 cm³/mol. The van der Waals surface area contributed by atoms with E-state index in [0.717, 1.165) is 6.07 Å². The van der Waals surface area contributed by atoms with Crippen LogP contribution in [0.4, 0.5) is 27.8 Å². The minimum Gasteiger partial charge on any atom is -0.430 e. The van der Waals surface area contributed by atoms with E-state index >= 15 is 0 Å². The van der Waals surface area contributed by atoms with Crippen molar-refractivity contribution in [1.29, 1.82) is 0 Å². The Morgan fingerprint density at radius 2 is 1.63 bits per heavy atom. The second kappa shape index (κ2) is 6.65. The number of benzene rings is 2. The lowest BCUT2D eigenvalue weighted by molar-refractivity contribution is -0.156. The molecule has 0 fully saturated rings. The number of nitrogens with zero attached hydrogens (tertiary/aromatic N) is 1. The minimum absolute atomic E-state index is 0.238. The van der Waals surface area contributed by atoms with E-state index in [1.54, 1.807) is 6.07 Å². The summed E-state index contributed by atoms with van der Waals surface area (Å²) in [5.41, 5.74) is -0.331. The fourth-order valence-corrected chi connectivity index (χ4v) is 3.16. The van der Waals surface area contributed by atoms with E-state index < -0.39 is 45.3 Å². The largest absolute Gasteiger partial charge is 0.469 e. The Labute approximate surface area is 149 Å². The number of anilines is 1. The first kappa shape index (κ1) is 18.8. The maximum absolute atomic E-state index is 13.4. The lowest BCUT2D eigenvalue weighted by Crippen LogP contribution is -2.14. The van der Waals surface area contributed by atoms with E-state index in [1.165, 1.54) is 24.3 Å². The molecule has 0 unspecified atom stereocenters. The van der Waals surface area contributed by atoms with Crippen LogP contribution in [0.1, 0.15) is 5.89 Å². The van der Waals surface area contributed by atoms with E-state index in [4.69, 9.17) is 0 Å². The summed E-state index contributed by atoms with van der Waals surface area (Å²) in [5, 5.41) is 0. The number of alkyl halides is 3. The topological polar surface area (TPSA) is 72.2 Å². The molecule has 0 saturated heterocycles. The maximum atomic E-state index is 13.4. The molecule has 0 atom stereocenters. The molecule has 1 aromatic heterocycles. The van der Waals surface area contributed by atoms with Crippen molar-refractivity contribution in [2.75, 3.05) is 4.72 Å². The van der Waals surface area contributed by atoms with Crippen LogP contribution in [0.3, 0.4) is 0 Å². The maximum Gasteiger partial charge on any atom is 0.469 e. The zero-order chi connectivity index (χ0) is 19.8.